The summed E-state index contributed by atoms with van der Waals surface area (Å²) in [5, 5.41) is 5.85. The van der Waals surface area contributed by atoms with Crippen LogP contribution in [0.25, 0.3) is 0 Å². The van der Waals surface area contributed by atoms with Crippen LogP contribution in [0.2, 0.25) is 0 Å². The first-order chi connectivity index (χ1) is 12.3. The lowest BCUT2D eigenvalue weighted by Crippen LogP contribution is -2.29. The standard InChI is InChI=1S/C19H23N5O/c1-2-11-20-18(25)17-10-12-21-19(23-17)22-15-6-8-16(9-7-15)24-13-4-3-5-14-24/h2,6-10,12H,1,3-5,11,13-14H2,(H,20,25)(H,21,22,23). The van der Waals surface area contributed by atoms with Gasteiger partial charge in [-0.2, -0.15) is 0 Å². The molecule has 0 bridgehead atoms. The number of benzene rings is 1. The van der Waals surface area contributed by atoms with Crippen LogP contribution in [-0.4, -0.2) is 35.5 Å². The van der Waals surface area contributed by atoms with Crippen LogP contribution in [0.1, 0.15) is 29.8 Å². The summed E-state index contributed by atoms with van der Waals surface area (Å²) < 4.78 is 0. The van der Waals surface area contributed by atoms with Gasteiger partial charge in [-0.3, -0.25) is 4.79 Å². The first-order valence-electron chi connectivity index (χ1n) is 8.60. The molecule has 6 nitrogen and oxygen atoms in total. The van der Waals surface area contributed by atoms with Crippen molar-refractivity contribution in [2.75, 3.05) is 29.9 Å². The van der Waals surface area contributed by atoms with Gasteiger partial charge in [-0.05, 0) is 49.6 Å². The number of anilines is 3. The molecular formula is C19H23N5O. The van der Waals surface area contributed by atoms with Gasteiger partial charge in [0.15, 0.2) is 0 Å². The Morgan fingerprint density at radius 1 is 1.16 bits per heavy atom. The number of amides is 1. The van der Waals surface area contributed by atoms with E-state index in [2.05, 4.69) is 44.2 Å². The maximum atomic E-state index is 11.9. The molecule has 2 N–H and O–H groups in total. The van der Waals surface area contributed by atoms with Gasteiger partial charge in [-0.25, -0.2) is 9.97 Å². The van der Waals surface area contributed by atoms with Crippen LogP contribution in [0, 0.1) is 0 Å². The fourth-order valence-corrected chi connectivity index (χ4v) is 2.84. The number of carbonyl (C=O) groups excluding carboxylic acids is 1. The number of rotatable bonds is 6. The lowest BCUT2D eigenvalue weighted by Gasteiger charge is -2.28. The van der Waals surface area contributed by atoms with E-state index in [1.54, 1.807) is 18.3 Å². The highest BCUT2D eigenvalue weighted by Crippen LogP contribution is 2.22. The summed E-state index contributed by atoms with van der Waals surface area (Å²) >= 11 is 0. The first kappa shape index (κ1) is 17.0. The van der Waals surface area contributed by atoms with Crippen LogP contribution in [-0.2, 0) is 0 Å². The average molecular weight is 337 g/mol. The summed E-state index contributed by atoms with van der Waals surface area (Å²) in [6.45, 7) is 6.23. The Kier molecular flexibility index (Phi) is 5.61. The van der Waals surface area contributed by atoms with Gasteiger partial charge in [0.2, 0.25) is 5.95 Å². The summed E-state index contributed by atoms with van der Waals surface area (Å²) in [5.74, 6) is 0.155. The molecule has 1 aromatic heterocycles. The van der Waals surface area contributed by atoms with Gasteiger partial charge in [0.05, 0.1) is 0 Å². The molecule has 1 aromatic carbocycles. The molecular weight excluding hydrogens is 314 g/mol. The summed E-state index contributed by atoms with van der Waals surface area (Å²) in [5.41, 5.74) is 2.46. The quantitative estimate of drug-likeness (QED) is 0.793. The zero-order valence-electron chi connectivity index (χ0n) is 14.2. The van der Waals surface area contributed by atoms with Crippen molar-refractivity contribution in [2.24, 2.45) is 0 Å². The molecule has 2 heterocycles. The van der Waals surface area contributed by atoms with Crippen molar-refractivity contribution in [3.05, 3.63) is 54.9 Å². The second-order valence-electron chi connectivity index (χ2n) is 5.98. The average Bonchev–Trinajstić information content (AvgIpc) is 2.67. The minimum absolute atomic E-state index is 0.245. The molecule has 0 unspecified atom stereocenters. The molecule has 1 saturated heterocycles. The van der Waals surface area contributed by atoms with Crippen molar-refractivity contribution >= 4 is 23.2 Å². The minimum Gasteiger partial charge on any atom is -0.372 e. The van der Waals surface area contributed by atoms with Gasteiger partial charge in [-0.1, -0.05) is 6.08 Å². The highest BCUT2D eigenvalue weighted by molar-refractivity contribution is 5.92. The third-order valence-electron chi connectivity index (χ3n) is 4.14. The number of nitrogens with one attached hydrogen (secondary N) is 2. The molecule has 0 atom stereocenters. The summed E-state index contributed by atoms with van der Waals surface area (Å²) in [7, 11) is 0. The lowest BCUT2D eigenvalue weighted by molar-refractivity contribution is 0.0953. The van der Waals surface area contributed by atoms with Crippen LogP contribution >= 0.6 is 0 Å². The van der Waals surface area contributed by atoms with Crippen molar-refractivity contribution in [3.63, 3.8) is 0 Å². The van der Waals surface area contributed by atoms with Gasteiger partial charge >= 0.3 is 0 Å². The van der Waals surface area contributed by atoms with Crippen molar-refractivity contribution in [1.82, 2.24) is 15.3 Å². The van der Waals surface area contributed by atoms with E-state index in [9.17, 15) is 4.79 Å². The van der Waals surface area contributed by atoms with Crippen LogP contribution < -0.4 is 15.5 Å². The number of piperidine rings is 1. The molecule has 0 spiro atoms. The molecule has 25 heavy (non-hydrogen) atoms. The molecule has 1 amide bonds. The van der Waals surface area contributed by atoms with Crippen molar-refractivity contribution in [2.45, 2.75) is 19.3 Å². The number of hydrogen-bond donors (Lipinski definition) is 2. The number of aromatic nitrogens is 2. The van der Waals surface area contributed by atoms with Gasteiger partial charge in [0.25, 0.3) is 5.91 Å². The fraction of sp³-hybridized carbons (Fsp3) is 0.316. The number of carbonyl (C=O) groups is 1. The van der Waals surface area contributed by atoms with Gasteiger partial charge < -0.3 is 15.5 Å². The van der Waals surface area contributed by atoms with Crippen molar-refractivity contribution in [1.29, 1.82) is 0 Å². The third kappa shape index (κ3) is 4.56. The molecule has 1 aliphatic heterocycles. The minimum atomic E-state index is -0.245. The number of nitrogens with zero attached hydrogens (tertiary/aromatic N) is 3. The van der Waals surface area contributed by atoms with E-state index >= 15 is 0 Å². The monoisotopic (exact) mass is 337 g/mol. The van der Waals surface area contributed by atoms with Crippen LogP contribution in [0.3, 0.4) is 0 Å². The van der Waals surface area contributed by atoms with E-state index in [0.29, 0.717) is 18.2 Å². The molecule has 0 saturated carbocycles. The molecule has 3 rings (SSSR count). The van der Waals surface area contributed by atoms with Crippen LogP contribution in [0.15, 0.2) is 49.2 Å². The Labute approximate surface area is 148 Å². The topological polar surface area (TPSA) is 70.2 Å². The highest BCUT2D eigenvalue weighted by atomic mass is 16.1. The van der Waals surface area contributed by atoms with Crippen LogP contribution in [0.5, 0.6) is 0 Å². The summed E-state index contributed by atoms with van der Waals surface area (Å²) in [6.07, 6.45) is 7.04. The normalized spacial score (nSPS) is 14.0. The summed E-state index contributed by atoms with van der Waals surface area (Å²) in [4.78, 5) is 22.8. The van der Waals surface area contributed by atoms with E-state index in [1.165, 1.54) is 24.9 Å². The van der Waals surface area contributed by atoms with E-state index in [-0.39, 0.29) is 5.91 Å². The van der Waals surface area contributed by atoms with Crippen molar-refractivity contribution < 1.29 is 4.79 Å². The fourth-order valence-electron chi connectivity index (χ4n) is 2.84. The Balaban J connectivity index is 1.65. The van der Waals surface area contributed by atoms with E-state index in [0.717, 1.165) is 18.8 Å². The van der Waals surface area contributed by atoms with E-state index in [4.69, 9.17) is 0 Å². The van der Waals surface area contributed by atoms with Gasteiger partial charge in [0, 0.05) is 37.2 Å². The van der Waals surface area contributed by atoms with E-state index < -0.39 is 0 Å². The lowest BCUT2D eigenvalue weighted by atomic mass is 10.1. The van der Waals surface area contributed by atoms with Gasteiger partial charge in [-0.15, -0.1) is 6.58 Å². The second-order valence-corrected chi connectivity index (χ2v) is 5.98. The Morgan fingerprint density at radius 3 is 2.64 bits per heavy atom. The predicted molar refractivity (Wildman–Crippen MR) is 100 cm³/mol. The van der Waals surface area contributed by atoms with Gasteiger partial charge in [0.1, 0.15) is 5.69 Å². The largest absolute Gasteiger partial charge is 0.372 e. The third-order valence-corrected chi connectivity index (χ3v) is 4.14. The van der Waals surface area contributed by atoms with Crippen LogP contribution in [0.4, 0.5) is 17.3 Å². The Hall–Kier alpha value is -2.89. The second kappa shape index (κ2) is 8.28. The summed E-state index contributed by atoms with van der Waals surface area (Å²) in [6, 6.07) is 9.82. The zero-order chi connectivity index (χ0) is 17.5. The smallest absolute Gasteiger partial charge is 0.270 e. The molecule has 2 aromatic rings. The molecule has 0 radical (unpaired) electrons. The predicted octanol–water partition coefficient (Wildman–Crippen LogP) is 3.13. The first-order valence-corrected chi connectivity index (χ1v) is 8.60. The van der Waals surface area contributed by atoms with E-state index in [1.807, 2.05) is 12.1 Å². The number of hydrogen-bond acceptors (Lipinski definition) is 5. The maximum Gasteiger partial charge on any atom is 0.270 e. The molecule has 6 heteroatoms. The highest BCUT2D eigenvalue weighted by Gasteiger charge is 2.11. The maximum absolute atomic E-state index is 11.9. The Bertz CT molecular complexity index is 723. The molecule has 1 aliphatic rings. The Morgan fingerprint density at radius 2 is 1.92 bits per heavy atom. The zero-order valence-corrected chi connectivity index (χ0v) is 14.2. The molecule has 130 valence electrons. The molecule has 0 aliphatic carbocycles. The van der Waals surface area contributed by atoms with Crippen molar-refractivity contribution in [3.8, 4) is 0 Å². The SMILES string of the molecule is C=CCNC(=O)c1ccnc(Nc2ccc(N3CCCCC3)cc2)n1. The molecule has 1 fully saturated rings.